The van der Waals surface area contributed by atoms with Crippen LogP contribution >= 0.6 is 0 Å². The van der Waals surface area contributed by atoms with Crippen LogP contribution in [0.25, 0.3) is 0 Å². The van der Waals surface area contributed by atoms with E-state index in [2.05, 4.69) is 10.6 Å². The first-order chi connectivity index (χ1) is 20.3. The number of amides is 3. The molecule has 9 nitrogen and oxygen atoms in total. The minimum Gasteiger partial charge on any atom is -0.458 e. The van der Waals surface area contributed by atoms with Gasteiger partial charge in [0.25, 0.3) is 0 Å². The summed E-state index contributed by atoms with van der Waals surface area (Å²) in [6.45, 7) is 11.6. The number of fused-ring (bicyclic) bond motifs is 1. The van der Waals surface area contributed by atoms with Gasteiger partial charge in [0.1, 0.15) is 29.8 Å². The molecule has 43 heavy (non-hydrogen) atoms. The molecule has 4 rings (SSSR count). The Balaban J connectivity index is 1.53. The highest BCUT2D eigenvalue weighted by atomic mass is 16.6. The number of rotatable bonds is 9. The Kier molecular flexibility index (Phi) is 10.4. The highest BCUT2D eigenvalue weighted by Gasteiger charge is 2.55. The summed E-state index contributed by atoms with van der Waals surface area (Å²) in [6.07, 6.45) is 6.87. The van der Waals surface area contributed by atoms with Crippen molar-refractivity contribution < 1.29 is 28.7 Å². The molecule has 2 saturated carbocycles. The molecule has 0 aromatic heterocycles. The van der Waals surface area contributed by atoms with E-state index in [0.29, 0.717) is 6.54 Å². The van der Waals surface area contributed by atoms with Crippen LogP contribution in [0.15, 0.2) is 30.3 Å². The van der Waals surface area contributed by atoms with Crippen LogP contribution < -0.4 is 10.6 Å². The summed E-state index contributed by atoms with van der Waals surface area (Å²) in [5.74, 6) is -1.11. The van der Waals surface area contributed by atoms with Crippen LogP contribution in [0.3, 0.4) is 0 Å². The number of ether oxygens (including phenoxy) is 2. The third-order valence-corrected chi connectivity index (χ3v) is 9.67. The molecule has 238 valence electrons. The molecule has 3 fully saturated rings. The number of alkyl carbamates (subject to hydrolysis) is 1. The molecule has 3 amide bonds. The smallest absolute Gasteiger partial charge is 0.408 e. The molecule has 2 aliphatic carbocycles. The van der Waals surface area contributed by atoms with Crippen LogP contribution in [-0.2, 0) is 30.5 Å². The van der Waals surface area contributed by atoms with Gasteiger partial charge in [-0.25, -0.2) is 9.59 Å². The summed E-state index contributed by atoms with van der Waals surface area (Å²) >= 11 is 0. The Morgan fingerprint density at radius 2 is 1.60 bits per heavy atom. The fourth-order valence-corrected chi connectivity index (χ4v) is 7.01. The SMILES string of the molecule is CC(C)[C@](C)(NC(=O)[C@@H](NC(=O)OCc1ccccc1)C1CCCCC1)C(=O)N1CC2CCC[C@@H]2[C@H]1C(=O)OC(C)(C)C. The first-order valence-electron chi connectivity index (χ1n) is 16.1. The van der Waals surface area contributed by atoms with Gasteiger partial charge in [0, 0.05) is 6.54 Å². The molecule has 0 radical (unpaired) electrons. The van der Waals surface area contributed by atoms with Crippen LogP contribution in [-0.4, -0.2) is 58.5 Å². The summed E-state index contributed by atoms with van der Waals surface area (Å²) in [5.41, 5.74) is -1.12. The van der Waals surface area contributed by atoms with Crippen molar-refractivity contribution in [3.63, 3.8) is 0 Å². The monoisotopic (exact) mass is 597 g/mol. The van der Waals surface area contributed by atoms with Crippen molar-refractivity contribution in [1.29, 1.82) is 0 Å². The Labute approximate surface area is 256 Å². The normalized spacial score (nSPS) is 24.5. The molecular weight excluding hydrogens is 546 g/mol. The highest BCUT2D eigenvalue weighted by molar-refractivity contribution is 5.96. The first-order valence-corrected chi connectivity index (χ1v) is 16.1. The number of benzene rings is 1. The maximum Gasteiger partial charge on any atom is 0.408 e. The van der Waals surface area contributed by atoms with E-state index in [4.69, 9.17) is 9.47 Å². The second-order valence-electron chi connectivity index (χ2n) is 14.2. The van der Waals surface area contributed by atoms with E-state index < -0.39 is 35.2 Å². The molecule has 3 aliphatic rings. The summed E-state index contributed by atoms with van der Waals surface area (Å²) < 4.78 is 11.3. The van der Waals surface area contributed by atoms with Crippen molar-refractivity contribution in [3.05, 3.63) is 35.9 Å². The predicted octanol–water partition coefficient (Wildman–Crippen LogP) is 5.36. The van der Waals surface area contributed by atoms with Gasteiger partial charge in [0.05, 0.1) is 0 Å². The summed E-state index contributed by atoms with van der Waals surface area (Å²) in [5, 5.41) is 5.91. The first kappa shape index (κ1) is 32.8. The van der Waals surface area contributed by atoms with Gasteiger partial charge in [-0.2, -0.15) is 0 Å². The van der Waals surface area contributed by atoms with E-state index in [9.17, 15) is 19.2 Å². The number of carbonyl (C=O) groups is 4. The van der Waals surface area contributed by atoms with Crippen LogP contribution in [0.4, 0.5) is 4.79 Å². The van der Waals surface area contributed by atoms with E-state index in [1.54, 1.807) is 11.8 Å². The lowest BCUT2D eigenvalue weighted by Crippen LogP contribution is -2.66. The molecule has 5 atom stereocenters. The molecule has 1 aromatic carbocycles. The lowest BCUT2D eigenvalue weighted by atomic mass is 9.81. The minimum absolute atomic E-state index is 0.0574. The van der Waals surface area contributed by atoms with Gasteiger partial charge in [-0.1, -0.05) is 69.9 Å². The fraction of sp³-hybridized carbons (Fsp3) is 0.706. The maximum atomic E-state index is 14.4. The molecule has 1 heterocycles. The summed E-state index contributed by atoms with van der Waals surface area (Å²) in [6, 6.07) is 7.87. The average Bonchev–Trinajstić information content (AvgIpc) is 3.56. The minimum atomic E-state index is -1.29. The van der Waals surface area contributed by atoms with Crippen molar-refractivity contribution in [2.75, 3.05) is 6.54 Å². The van der Waals surface area contributed by atoms with Crippen LogP contribution in [0.5, 0.6) is 0 Å². The lowest BCUT2D eigenvalue weighted by Gasteiger charge is -2.41. The molecule has 2 N–H and O–H groups in total. The zero-order valence-corrected chi connectivity index (χ0v) is 26.8. The molecule has 0 spiro atoms. The summed E-state index contributed by atoms with van der Waals surface area (Å²) in [7, 11) is 0. The van der Waals surface area contributed by atoms with Crippen LogP contribution in [0, 0.1) is 23.7 Å². The molecule has 0 bridgehead atoms. The number of carbonyl (C=O) groups excluding carboxylic acids is 4. The van der Waals surface area contributed by atoms with Crippen molar-refractivity contribution in [3.8, 4) is 0 Å². The summed E-state index contributed by atoms with van der Waals surface area (Å²) in [4.78, 5) is 56.5. The van der Waals surface area contributed by atoms with Gasteiger partial charge < -0.3 is 25.0 Å². The second-order valence-corrected chi connectivity index (χ2v) is 14.2. The number of nitrogens with zero attached hydrogens (tertiary/aromatic N) is 1. The molecule has 1 unspecified atom stereocenters. The van der Waals surface area contributed by atoms with Gasteiger partial charge in [-0.3, -0.25) is 9.59 Å². The molecule has 9 heteroatoms. The van der Waals surface area contributed by atoms with Crippen LogP contribution in [0.1, 0.15) is 98.5 Å². The van der Waals surface area contributed by atoms with E-state index in [-0.39, 0.29) is 42.2 Å². The Bertz CT molecular complexity index is 1140. The lowest BCUT2D eigenvalue weighted by molar-refractivity contribution is -0.166. The zero-order chi connectivity index (χ0) is 31.4. The van der Waals surface area contributed by atoms with Gasteiger partial charge in [0.15, 0.2) is 0 Å². The topological polar surface area (TPSA) is 114 Å². The van der Waals surface area contributed by atoms with Crippen LogP contribution in [0.2, 0.25) is 0 Å². The zero-order valence-electron chi connectivity index (χ0n) is 26.8. The van der Waals surface area contributed by atoms with Crippen molar-refractivity contribution >= 4 is 23.9 Å². The molecule has 1 aromatic rings. The third kappa shape index (κ3) is 7.90. The van der Waals surface area contributed by atoms with Crippen molar-refractivity contribution in [2.45, 2.75) is 123 Å². The molecule has 1 aliphatic heterocycles. The number of likely N-dealkylation sites (tertiary alicyclic amines) is 1. The third-order valence-electron chi connectivity index (χ3n) is 9.67. The molecule has 1 saturated heterocycles. The molecular formula is C34H51N3O6. The fourth-order valence-electron chi connectivity index (χ4n) is 7.01. The standard InChI is InChI=1S/C34H51N3O6/c1-22(2)34(6,31(40)37-20-25-18-13-19-26(25)28(37)30(39)43-33(3,4)5)36-29(38)27(24-16-11-8-12-17-24)35-32(41)42-21-23-14-9-7-10-15-23/h7,9-10,14-15,22,24-28H,8,11-13,16-21H2,1-6H3,(H,35,41)(H,36,38)/t25?,26-,27-,28-,34-/m0/s1. The Morgan fingerprint density at radius 1 is 0.930 bits per heavy atom. The largest absolute Gasteiger partial charge is 0.458 e. The van der Waals surface area contributed by atoms with Crippen molar-refractivity contribution in [1.82, 2.24) is 15.5 Å². The number of hydrogen-bond donors (Lipinski definition) is 2. The Hall–Kier alpha value is -3.10. The maximum absolute atomic E-state index is 14.4. The average molecular weight is 598 g/mol. The Morgan fingerprint density at radius 3 is 2.23 bits per heavy atom. The quantitative estimate of drug-likeness (QED) is 0.371. The number of hydrogen-bond acceptors (Lipinski definition) is 6. The number of nitrogens with one attached hydrogen (secondary N) is 2. The van der Waals surface area contributed by atoms with E-state index in [0.717, 1.165) is 56.9 Å². The highest BCUT2D eigenvalue weighted by Crippen LogP contribution is 2.44. The van der Waals surface area contributed by atoms with E-state index in [1.165, 1.54) is 0 Å². The second kappa shape index (κ2) is 13.7. The van der Waals surface area contributed by atoms with Gasteiger partial charge in [-0.05, 0) is 82.6 Å². The predicted molar refractivity (Wildman–Crippen MR) is 164 cm³/mol. The van der Waals surface area contributed by atoms with Gasteiger partial charge in [-0.15, -0.1) is 0 Å². The van der Waals surface area contributed by atoms with Gasteiger partial charge in [0.2, 0.25) is 11.8 Å². The van der Waals surface area contributed by atoms with E-state index >= 15 is 0 Å². The van der Waals surface area contributed by atoms with E-state index in [1.807, 2.05) is 65.0 Å². The number of esters is 1. The van der Waals surface area contributed by atoms with Crippen molar-refractivity contribution in [2.24, 2.45) is 23.7 Å². The van der Waals surface area contributed by atoms with Gasteiger partial charge >= 0.3 is 12.1 Å².